The van der Waals surface area contributed by atoms with Gasteiger partial charge in [0.25, 0.3) is 0 Å². The van der Waals surface area contributed by atoms with E-state index in [1.165, 1.54) is 0 Å². The summed E-state index contributed by atoms with van der Waals surface area (Å²) in [5, 5.41) is 7.38. The van der Waals surface area contributed by atoms with E-state index in [1.807, 2.05) is 12.5 Å². The van der Waals surface area contributed by atoms with E-state index in [0.717, 1.165) is 6.54 Å². The molecule has 3 aromatic heterocycles. The molecule has 0 bridgehead atoms. The molecule has 0 aromatic carbocycles. The highest BCUT2D eigenvalue weighted by Crippen LogP contribution is 2.16. The van der Waals surface area contributed by atoms with E-state index in [-0.39, 0.29) is 6.04 Å². The molecule has 0 aliphatic heterocycles. The van der Waals surface area contributed by atoms with Crippen LogP contribution in [0.1, 0.15) is 19.7 Å². The van der Waals surface area contributed by atoms with E-state index in [1.54, 1.807) is 24.6 Å². The zero-order valence-electron chi connectivity index (χ0n) is 12.6. The molecule has 0 fully saturated rings. The zero-order chi connectivity index (χ0) is 15.4. The maximum Gasteiger partial charge on any atom is 0.241 e. The molecular formula is C15H19N5O2. The van der Waals surface area contributed by atoms with Crippen LogP contribution in [-0.2, 0) is 13.1 Å². The fourth-order valence-electron chi connectivity index (χ4n) is 2.18. The SMILES string of the molecule is CC(C)[C@H](Cn1ccnc1)NCc1nc(-c2ccco2)no1. The van der Waals surface area contributed by atoms with Crippen LogP contribution in [0.2, 0.25) is 0 Å². The van der Waals surface area contributed by atoms with Crippen molar-refractivity contribution < 1.29 is 8.94 Å². The van der Waals surface area contributed by atoms with Gasteiger partial charge in [0.1, 0.15) is 0 Å². The summed E-state index contributed by atoms with van der Waals surface area (Å²) in [6, 6.07) is 3.88. The van der Waals surface area contributed by atoms with Gasteiger partial charge in [-0.3, -0.25) is 0 Å². The van der Waals surface area contributed by atoms with E-state index >= 15 is 0 Å². The Morgan fingerprint density at radius 1 is 1.36 bits per heavy atom. The van der Waals surface area contributed by atoms with E-state index in [9.17, 15) is 0 Å². The van der Waals surface area contributed by atoms with Crippen molar-refractivity contribution in [3.63, 3.8) is 0 Å². The van der Waals surface area contributed by atoms with Gasteiger partial charge in [0.2, 0.25) is 11.7 Å². The van der Waals surface area contributed by atoms with Crippen molar-refractivity contribution in [3.05, 3.63) is 43.0 Å². The average molecular weight is 301 g/mol. The first-order chi connectivity index (χ1) is 10.7. The molecule has 1 N–H and O–H groups in total. The molecule has 7 heteroatoms. The topological polar surface area (TPSA) is 81.9 Å². The molecule has 0 spiro atoms. The summed E-state index contributed by atoms with van der Waals surface area (Å²) in [4.78, 5) is 8.40. The molecule has 116 valence electrons. The molecule has 3 rings (SSSR count). The molecule has 1 atom stereocenters. The lowest BCUT2D eigenvalue weighted by atomic mass is 10.0. The largest absolute Gasteiger partial charge is 0.461 e. The molecule has 0 aliphatic rings. The van der Waals surface area contributed by atoms with Crippen LogP contribution < -0.4 is 5.32 Å². The summed E-state index contributed by atoms with van der Waals surface area (Å²) in [6.07, 6.45) is 7.14. The minimum Gasteiger partial charge on any atom is -0.461 e. The summed E-state index contributed by atoms with van der Waals surface area (Å²) < 4.78 is 12.6. The van der Waals surface area contributed by atoms with Crippen LogP contribution in [0, 0.1) is 5.92 Å². The smallest absolute Gasteiger partial charge is 0.241 e. The Balaban J connectivity index is 1.60. The van der Waals surface area contributed by atoms with Crippen molar-refractivity contribution in [2.45, 2.75) is 33.0 Å². The number of nitrogens with one attached hydrogen (secondary N) is 1. The maximum absolute atomic E-state index is 5.25. The summed E-state index contributed by atoms with van der Waals surface area (Å²) >= 11 is 0. The van der Waals surface area contributed by atoms with E-state index in [0.29, 0.717) is 29.9 Å². The highest BCUT2D eigenvalue weighted by Gasteiger charge is 2.16. The van der Waals surface area contributed by atoms with Crippen molar-refractivity contribution >= 4 is 0 Å². The minimum atomic E-state index is 0.285. The van der Waals surface area contributed by atoms with Crippen LogP contribution in [0.25, 0.3) is 11.6 Å². The molecular weight excluding hydrogens is 282 g/mol. The van der Waals surface area contributed by atoms with Crippen molar-refractivity contribution in [2.75, 3.05) is 0 Å². The molecule has 0 amide bonds. The van der Waals surface area contributed by atoms with Gasteiger partial charge in [-0.1, -0.05) is 19.0 Å². The second-order valence-electron chi connectivity index (χ2n) is 5.48. The Morgan fingerprint density at radius 2 is 2.27 bits per heavy atom. The molecule has 0 radical (unpaired) electrons. The van der Waals surface area contributed by atoms with Crippen LogP contribution >= 0.6 is 0 Å². The van der Waals surface area contributed by atoms with Gasteiger partial charge in [0.15, 0.2) is 5.76 Å². The number of hydrogen-bond donors (Lipinski definition) is 1. The average Bonchev–Trinajstić information content (AvgIpc) is 3.23. The Kier molecular flexibility index (Phi) is 4.34. The third kappa shape index (κ3) is 3.43. The van der Waals surface area contributed by atoms with Gasteiger partial charge >= 0.3 is 0 Å². The lowest BCUT2D eigenvalue weighted by Gasteiger charge is -2.22. The number of nitrogens with zero attached hydrogens (tertiary/aromatic N) is 4. The predicted octanol–water partition coefficient (Wildman–Crippen LogP) is 2.34. The molecule has 0 unspecified atom stereocenters. The van der Waals surface area contributed by atoms with Crippen LogP contribution in [0.4, 0.5) is 0 Å². The van der Waals surface area contributed by atoms with Gasteiger partial charge in [-0.15, -0.1) is 0 Å². The monoisotopic (exact) mass is 301 g/mol. The Hall–Kier alpha value is -2.41. The van der Waals surface area contributed by atoms with Gasteiger partial charge in [0, 0.05) is 25.0 Å². The van der Waals surface area contributed by atoms with Gasteiger partial charge < -0.3 is 18.8 Å². The molecule has 0 aliphatic carbocycles. The normalized spacial score (nSPS) is 12.9. The quantitative estimate of drug-likeness (QED) is 0.721. The Bertz CT molecular complexity index is 673. The molecule has 0 saturated carbocycles. The lowest BCUT2D eigenvalue weighted by molar-refractivity contribution is 0.315. The highest BCUT2D eigenvalue weighted by atomic mass is 16.5. The van der Waals surface area contributed by atoms with Crippen molar-refractivity contribution in [2.24, 2.45) is 5.92 Å². The van der Waals surface area contributed by atoms with Crippen LogP contribution in [-0.4, -0.2) is 25.7 Å². The second-order valence-corrected chi connectivity index (χ2v) is 5.48. The molecule has 7 nitrogen and oxygen atoms in total. The molecule has 22 heavy (non-hydrogen) atoms. The van der Waals surface area contributed by atoms with Gasteiger partial charge in [-0.2, -0.15) is 4.98 Å². The number of imidazole rings is 1. The summed E-state index contributed by atoms with van der Waals surface area (Å²) in [5.74, 6) is 2.09. The van der Waals surface area contributed by atoms with Gasteiger partial charge in [0.05, 0.1) is 19.1 Å². The third-order valence-corrected chi connectivity index (χ3v) is 3.50. The summed E-state index contributed by atoms with van der Waals surface area (Å²) in [6.45, 7) is 5.72. The van der Waals surface area contributed by atoms with Crippen LogP contribution in [0.15, 0.2) is 46.1 Å². The third-order valence-electron chi connectivity index (χ3n) is 3.50. The highest BCUT2D eigenvalue weighted by molar-refractivity contribution is 5.44. The summed E-state index contributed by atoms with van der Waals surface area (Å²) in [5.41, 5.74) is 0. The first-order valence-corrected chi connectivity index (χ1v) is 7.28. The van der Waals surface area contributed by atoms with Crippen LogP contribution in [0.3, 0.4) is 0 Å². The van der Waals surface area contributed by atoms with E-state index in [4.69, 9.17) is 8.94 Å². The first-order valence-electron chi connectivity index (χ1n) is 7.28. The number of rotatable bonds is 7. The van der Waals surface area contributed by atoms with Crippen molar-refractivity contribution in [3.8, 4) is 11.6 Å². The van der Waals surface area contributed by atoms with Crippen molar-refractivity contribution in [1.82, 2.24) is 25.0 Å². The zero-order valence-corrected chi connectivity index (χ0v) is 12.6. The van der Waals surface area contributed by atoms with Gasteiger partial charge in [-0.05, 0) is 18.1 Å². The lowest BCUT2D eigenvalue weighted by Crippen LogP contribution is -2.37. The van der Waals surface area contributed by atoms with E-state index < -0.39 is 0 Å². The second kappa shape index (κ2) is 6.57. The fourth-order valence-corrected chi connectivity index (χ4v) is 2.18. The minimum absolute atomic E-state index is 0.285. The Labute approximate surface area is 128 Å². The standard InChI is InChI=1S/C15H19N5O2/c1-11(2)12(9-20-6-5-16-10-20)17-8-14-18-15(19-22-14)13-4-3-7-21-13/h3-7,10-12,17H,8-9H2,1-2H3/t12-/m0/s1. The van der Waals surface area contributed by atoms with E-state index in [2.05, 4.69) is 38.9 Å². The predicted molar refractivity (Wildman–Crippen MR) is 79.7 cm³/mol. The first kappa shape index (κ1) is 14.5. The number of hydrogen-bond acceptors (Lipinski definition) is 6. The Morgan fingerprint density at radius 3 is 2.95 bits per heavy atom. The van der Waals surface area contributed by atoms with Gasteiger partial charge in [-0.25, -0.2) is 4.98 Å². The fraction of sp³-hybridized carbons (Fsp3) is 0.400. The molecule has 0 saturated heterocycles. The summed E-state index contributed by atoms with van der Waals surface area (Å²) in [7, 11) is 0. The molecule has 3 aromatic rings. The number of aromatic nitrogens is 4. The maximum atomic E-state index is 5.25. The van der Waals surface area contributed by atoms with Crippen LogP contribution in [0.5, 0.6) is 0 Å². The van der Waals surface area contributed by atoms with Crippen molar-refractivity contribution in [1.29, 1.82) is 0 Å². The number of furan rings is 1. The molecule has 3 heterocycles.